The van der Waals surface area contributed by atoms with Gasteiger partial charge in [0.2, 0.25) is 0 Å². The number of thiophene rings is 1. The SMILES string of the molecule is Cc1cc(S(=O)(=O)Nc2c(Cl)cc(F)cc2Cl)sc1Br. The van der Waals surface area contributed by atoms with E-state index >= 15 is 0 Å². The summed E-state index contributed by atoms with van der Waals surface area (Å²) in [6.07, 6.45) is 0. The number of anilines is 1. The van der Waals surface area contributed by atoms with Crippen molar-refractivity contribution in [2.24, 2.45) is 0 Å². The third-order valence-electron chi connectivity index (χ3n) is 2.34. The van der Waals surface area contributed by atoms with Gasteiger partial charge in [0.05, 0.1) is 19.5 Å². The molecule has 108 valence electrons. The lowest BCUT2D eigenvalue weighted by Crippen LogP contribution is -2.12. The van der Waals surface area contributed by atoms with Gasteiger partial charge in [-0.25, -0.2) is 12.8 Å². The molecule has 1 heterocycles. The molecular weight excluding hydrogens is 412 g/mol. The summed E-state index contributed by atoms with van der Waals surface area (Å²) in [5.74, 6) is -0.641. The van der Waals surface area contributed by atoms with Crippen molar-refractivity contribution in [3.8, 4) is 0 Å². The van der Waals surface area contributed by atoms with Gasteiger partial charge >= 0.3 is 0 Å². The van der Waals surface area contributed by atoms with Crippen LogP contribution in [0, 0.1) is 12.7 Å². The largest absolute Gasteiger partial charge is 0.276 e. The molecule has 0 spiro atoms. The van der Waals surface area contributed by atoms with Gasteiger partial charge in [0, 0.05) is 0 Å². The van der Waals surface area contributed by atoms with Crippen LogP contribution in [0.25, 0.3) is 0 Å². The molecule has 0 amide bonds. The van der Waals surface area contributed by atoms with Crippen molar-refractivity contribution in [2.75, 3.05) is 4.72 Å². The number of hydrogen-bond acceptors (Lipinski definition) is 3. The number of aryl methyl sites for hydroxylation is 1. The third kappa shape index (κ3) is 3.28. The average Bonchev–Trinajstić information content (AvgIpc) is 2.65. The van der Waals surface area contributed by atoms with Crippen molar-refractivity contribution in [2.45, 2.75) is 11.1 Å². The second-order valence-corrected chi connectivity index (χ2v) is 8.97. The first-order valence-corrected chi connectivity index (χ1v) is 8.99. The molecule has 0 bridgehead atoms. The Kier molecular flexibility index (Phi) is 4.66. The lowest BCUT2D eigenvalue weighted by molar-refractivity contribution is 0.603. The van der Waals surface area contributed by atoms with Gasteiger partial charge in [0.1, 0.15) is 10.0 Å². The fourth-order valence-electron chi connectivity index (χ4n) is 1.39. The quantitative estimate of drug-likeness (QED) is 0.756. The van der Waals surface area contributed by atoms with Crippen LogP contribution in [0.4, 0.5) is 10.1 Å². The highest BCUT2D eigenvalue weighted by Gasteiger charge is 2.21. The molecule has 0 unspecified atom stereocenters. The van der Waals surface area contributed by atoms with E-state index in [0.29, 0.717) is 3.79 Å². The Morgan fingerprint density at radius 3 is 2.25 bits per heavy atom. The predicted molar refractivity (Wildman–Crippen MR) is 84.0 cm³/mol. The molecule has 2 aromatic rings. The zero-order chi connectivity index (χ0) is 15.1. The summed E-state index contributed by atoms with van der Waals surface area (Å²) in [5.41, 5.74) is 0.753. The number of rotatable bonds is 3. The molecule has 2 rings (SSSR count). The number of halogens is 4. The minimum atomic E-state index is -3.83. The number of sulfonamides is 1. The standard InChI is InChI=1S/C11H7BrCl2FNO2S2/c1-5-2-9(19-11(5)12)20(17,18)16-10-7(13)3-6(15)4-8(10)14/h2-4,16H,1H3. The summed E-state index contributed by atoms with van der Waals surface area (Å²) in [5, 5.41) is -0.211. The molecule has 3 nitrogen and oxygen atoms in total. The van der Waals surface area contributed by atoms with E-state index in [2.05, 4.69) is 20.7 Å². The van der Waals surface area contributed by atoms with E-state index in [9.17, 15) is 12.8 Å². The molecule has 0 aliphatic carbocycles. The predicted octanol–water partition coefficient (Wildman–Crippen LogP) is 5.07. The van der Waals surface area contributed by atoms with Crippen molar-refractivity contribution in [3.05, 3.63) is 43.4 Å². The summed E-state index contributed by atoms with van der Waals surface area (Å²) in [6.45, 7) is 1.78. The van der Waals surface area contributed by atoms with Gasteiger partial charge in [-0.05, 0) is 46.6 Å². The molecule has 20 heavy (non-hydrogen) atoms. The van der Waals surface area contributed by atoms with Gasteiger partial charge in [-0.15, -0.1) is 11.3 Å². The molecule has 0 aliphatic rings. The molecule has 0 atom stereocenters. The smallest absolute Gasteiger partial charge is 0.271 e. The van der Waals surface area contributed by atoms with Crippen LogP contribution in [-0.2, 0) is 10.0 Å². The van der Waals surface area contributed by atoms with E-state index in [0.717, 1.165) is 29.0 Å². The van der Waals surface area contributed by atoms with Crippen LogP contribution in [0.5, 0.6) is 0 Å². The molecule has 0 radical (unpaired) electrons. The second-order valence-electron chi connectivity index (χ2n) is 3.87. The Morgan fingerprint density at radius 1 is 1.25 bits per heavy atom. The van der Waals surface area contributed by atoms with Crippen LogP contribution in [0.15, 0.2) is 26.2 Å². The Labute approximate surface area is 137 Å². The van der Waals surface area contributed by atoms with Crippen LogP contribution in [0.2, 0.25) is 10.0 Å². The first-order chi connectivity index (χ1) is 9.20. The Hall–Kier alpha value is -0.340. The maximum absolute atomic E-state index is 13.1. The second kappa shape index (κ2) is 5.81. The lowest BCUT2D eigenvalue weighted by Gasteiger charge is -2.10. The van der Waals surface area contributed by atoms with Gasteiger partial charge < -0.3 is 0 Å². The van der Waals surface area contributed by atoms with Crippen LogP contribution in [0.3, 0.4) is 0 Å². The molecule has 1 aromatic heterocycles. The highest BCUT2D eigenvalue weighted by atomic mass is 79.9. The molecular formula is C11H7BrCl2FNO2S2. The Morgan fingerprint density at radius 2 is 1.80 bits per heavy atom. The summed E-state index contributed by atoms with van der Waals surface area (Å²) in [7, 11) is -3.83. The van der Waals surface area contributed by atoms with Gasteiger partial charge in [-0.1, -0.05) is 23.2 Å². The fourth-order valence-corrected chi connectivity index (χ4v) is 5.38. The van der Waals surface area contributed by atoms with Gasteiger partial charge in [-0.3, -0.25) is 4.72 Å². The third-order valence-corrected chi connectivity index (χ3v) is 6.90. The van der Waals surface area contributed by atoms with Crippen molar-refractivity contribution < 1.29 is 12.8 Å². The van der Waals surface area contributed by atoms with Crippen molar-refractivity contribution in [1.82, 2.24) is 0 Å². The van der Waals surface area contributed by atoms with E-state index in [1.807, 2.05) is 0 Å². The first kappa shape index (κ1) is 16.0. The van der Waals surface area contributed by atoms with Crippen LogP contribution in [0.1, 0.15) is 5.56 Å². The number of hydrogen-bond donors (Lipinski definition) is 1. The van der Waals surface area contributed by atoms with Gasteiger partial charge in [-0.2, -0.15) is 0 Å². The zero-order valence-corrected chi connectivity index (χ0v) is 14.6. The number of benzene rings is 1. The van der Waals surface area contributed by atoms with Gasteiger partial charge in [0.25, 0.3) is 10.0 Å². The van der Waals surface area contributed by atoms with E-state index in [4.69, 9.17) is 23.2 Å². The van der Waals surface area contributed by atoms with Gasteiger partial charge in [0.15, 0.2) is 0 Å². The highest BCUT2D eigenvalue weighted by molar-refractivity contribution is 9.11. The summed E-state index contributed by atoms with van der Waals surface area (Å²) < 4.78 is 40.6. The average molecular weight is 419 g/mol. The van der Waals surface area contributed by atoms with E-state index in [-0.39, 0.29) is 19.9 Å². The normalized spacial score (nSPS) is 11.7. The molecule has 1 aromatic carbocycles. The Bertz CT molecular complexity index is 734. The lowest BCUT2D eigenvalue weighted by atomic mass is 10.3. The summed E-state index contributed by atoms with van der Waals surface area (Å²) in [4.78, 5) is 0. The molecule has 1 N–H and O–H groups in total. The maximum Gasteiger partial charge on any atom is 0.271 e. The van der Waals surface area contributed by atoms with E-state index in [1.54, 1.807) is 6.92 Å². The summed E-state index contributed by atoms with van der Waals surface area (Å²) >= 11 is 15.9. The van der Waals surface area contributed by atoms with E-state index < -0.39 is 15.8 Å². The Balaban J connectivity index is 2.43. The summed E-state index contributed by atoms with van der Waals surface area (Å²) in [6, 6.07) is 3.49. The van der Waals surface area contributed by atoms with Crippen molar-refractivity contribution in [1.29, 1.82) is 0 Å². The van der Waals surface area contributed by atoms with Crippen LogP contribution in [-0.4, -0.2) is 8.42 Å². The molecule has 0 aliphatic heterocycles. The zero-order valence-electron chi connectivity index (χ0n) is 9.88. The van der Waals surface area contributed by atoms with E-state index in [1.165, 1.54) is 6.07 Å². The minimum absolute atomic E-state index is 0.0445. The van der Waals surface area contributed by atoms with Crippen molar-refractivity contribution in [3.63, 3.8) is 0 Å². The topological polar surface area (TPSA) is 46.2 Å². The van der Waals surface area contributed by atoms with Crippen molar-refractivity contribution >= 4 is 66.2 Å². The maximum atomic E-state index is 13.1. The highest BCUT2D eigenvalue weighted by Crippen LogP contribution is 2.36. The van der Waals surface area contributed by atoms with Crippen LogP contribution >= 0.6 is 50.5 Å². The number of nitrogens with one attached hydrogen (secondary N) is 1. The first-order valence-electron chi connectivity index (χ1n) is 5.14. The molecule has 9 heteroatoms. The monoisotopic (exact) mass is 417 g/mol. The fraction of sp³-hybridized carbons (Fsp3) is 0.0909. The molecule has 0 saturated carbocycles. The van der Waals surface area contributed by atoms with Crippen LogP contribution < -0.4 is 4.72 Å². The molecule has 0 saturated heterocycles. The molecule has 0 fully saturated rings. The minimum Gasteiger partial charge on any atom is -0.276 e.